The summed E-state index contributed by atoms with van der Waals surface area (Å²) in [5, 5.41) is 4.31. The van der Waals surface area contributed by atoms with E-state index in [2.05, 4.69) is 10.3 Å². The molecule has 30 heavy (non-hydrogen) atoms. The van der Waals surface area contributed by atoms with E-state index in [9.17, 15) is 22.6 Å². The Morgan fingerprint density at radius 2 is 2.10 bits per heavy atom. The number of hydrogen-bond donors (Lipinski definition) is 1. The summed E-state index contributed by atoms with van der Waals surface area (Å²) in [5.41, 5.74) is 0.165. The molecule has 0 spiro atoms. The number of esters is 1. The fourth-order valence-corrected chi connectivity index (χ4v) is 4.69. The van der Waals surface area contributed by atoms with E-state index in [0.717, 1.165) is 23.5 Å². The Balaban J connectivity index is 1.48. The molecule has 3 aromatic rings. The number of anilines is 1. The topological polar surface area (TPSA) is 94.6 Å². The number of amides is 1. The van der Waals surface area contributed by atoms with Crippen molar-refractivity contribution in [1.82, 2.24) is 4.98 Å². The first-order valence-electron chi connectivity index (χ1n) is 8.46. The Labute approximate surface area is 175 Å². The maximum atomic E-state index is 13.8. The Bertz CT molecular complexity index is 1180. The molecule has 1 aliphatic rings. The number of rotatable bonds is 5. The van der Waals surface area contributed by atoms with Gasteiger partial charge in [-0.2, -0.15) is 0 Å². The van der Waals surface area contributed by atoms with Crippen LogP contribution in [0.25, 0.3) is 0 Å². The number of benzene rings is 2. The lowest BCUT2D eigenvalue weighted by atomic mass is 10.1. The molecule has 1 atom stereocenters. The van der Waals surface area contributed by atoms with Crippen LogP contribution in [0.4, 0.5) is 13.9 Å². The molecule has 1 unspecified atom stereocenters. The van der Waals surface area contributed by atoms with Crippen LogP contribution in [0.15, 0.2) is 46.8 Å². The lowest BCUT2D eigenvalue weighted by molar-refractivity contribution is -0.138. The predicted molar refractivity (Wildman–Crippen MR) is 104 cm³/mol. The molecule has 0 bridgehead atoms. The van der Waals surface area contributed by atoms with Crippen LogP contribution in [-0.4, -0.2) is 27.7 Å². The highest BCUT2D eigenvalue weighted by Crippen LogP contribution is 2.34. The van der Waals surface area contributed by atoms with E-state index in [4.69, 9.17) is 9.47 Å². The number of para-hydroxylation sites is 1. The molecule has 0 radical (unpaired) electrons. The van der Waals surface area contributed by atoms with Crippen LogP contribution in [0, 0.1) is 11.6 Å². The maximum absolute atomic E-state index is 13.8. The average Bonchev–Trinajstić information content (AvgIpc) is 3.18. The smallest absolute Gasteiger partial charge is 0.349 e. The molecule has 154 valence electrons. The number of aromatic nitrogens is 1. The molecule has 0 saturated heterocycles. The Morgan fingerprint density at radius 1 is 1.27 bits per heavy atom. The summed E-state index contributed by atoms with van der Waals surface area (Å²) in [7, 11) is -1.70. The number of thiazole rings is 1. The van der Waals surface area contributed by atoms with Crippen LogP contribution in [-0.2, 0) is 21.3 Å². The third-order valence-electron chi connectivity index (χ3n) is 4.02. The number of nitrogens with zero attached hydrogens (tertiary/aromatic N) is 1. The van der Waals surface area contributed by atoms with Crippen molar-refractivity contribution in [2.75, 3.05) is 11.9 Å². The molecule has 0 aliphatic carbocycles. The van der Waals surface area contributed by atoms with Gasteiger partial charge in [-0.05, 0) is 18.2 Å². The van der Waals surface area contributed by atoms with Crippen LogP contribution in [0.1, 0.15) is 15.9 Å². The highest BCUT2D eigenvalue weighted by atomic mass is 32.2. The Hall–Kier alpha value is -3.18. The van der Waals surface area contributed by atoms with Crippen molar-refractivity contribution in [1.29, 1.82) is 0 Å². The number of hydrogen-bond acceptors (Lipinski definition) is 7. The van der Waals surface area contributed by atoms with Gasteiger partial charge in [-0.15, -0.1) is 11.3 Å². The number of nitrogens with one attached hydrogen (secondary N) is 1. The minimum Gasteiger partial charge on any atom is -0.478 e. The largest absolute Gasteiger partial charge is 0.478 e. The van der Waals surface area contributed by atoms with Crippen molar-refractivity contribution in [2.24, 2.45) is 0 Å². The third kappa shape index (κ3) is 4.21. The van der Waals surface area contributed by atoms with E-state index in [0.29, 0.717) is 0 Å². The molecule has 1 N–H and O–H groups in total. The van der Waals surface area contributed by atoms with Gasteiger partial charge in [0.25, 0.3) is 5.91 Å². The van der Waals surface area contributed by atoms with Crippen LogP contribution in [0.5, 0.6) is 11.5 Å². The quantitative estimate of drug-likeness (QED) is 0.474. The van der Waals surface area contributed by atoms with Crippen LogP contribution >= 0.6 is 11.3 Å². The zero-order valence-electron chi connectivity index (χ0n) is 15.0. The van der Waals surface area contributed by atoms with Gasteiger partial charge in [0.1, 0.15) is 16.7 Å². The highest BCUT2D eigenvalue weighted by Gasteiger charge is 2.25. The predicted octanol–water partition coefficient (Wildman–Crippen LogP) is 3.28. The summed E-state index contributed by atoms with van der Waals surface area (Å²) < 4.78 is 49.5. The van der Waals surface area contributed by atoms with E-state index in [1.54, 1.807) is 12.1 Å². The van der Waals surface area contributed by atoms with E-state index >= 15 is 0 Å². The van der Waals surface area contributed by atoms with Gasteiger partial charge in [-0.3, -0.25) is 14.3 Å². The average molecular weight is 450 g/mol. The SMILES string of the molecule is O=C1COc2cccc(C(=O)Nc3nc(S(=O)Cc4ccc(F)cc4F)cs3)c2O1. The minimum absolute atomic E-state index is 0.0124. The zero-order valence-corrected chi connectivity index (χ0v) is 16.6. The third-order valence-corrected chi connectivity index (χ3v) is 6.18. The molecule has 2 aromatic carbocycles. The van der Waals surface area contributed by atoms with Crippen LogP contribution < -0.4 is 14.8 Å². The van der Waals surface area contributed by atoms with E-state index in [-0.39, 0.29) is 45.1 Å². The van der Waals surface area contributed by atoms with Gasteiger partial charge in [0.15, 0.2) is 23.2 Å². The van der Waals surface area contributed by atoms with Crippen molar-refractivity contribution < 1.29 is 32.1 Å². The van der Waals surface area contributed by atoms with E-state index in [1.165, 1.54) is 17.5 Å². The van der Waals surface area contributed by atoms with Gasteiger partial charge in [0.05, 0.1) is 22.1 Å². The lowest BCUT2D eigenvalue weighted by Gasteiger charge is -2.18. The van der Waals surface area contributed by atoms with Crippen molar-refractivity contribution in [3.8, 4) is 11.5 Å². The summed E-state index contributed by atoms with van der Waals surface area (Å²) in [4.78, 5) is 28.1. The molecular weight excluding hydrogens is 438 g/mol. The molecule has 4 rings (SSSR count). The number of carbonyl (C=O) groups is 2. The standard InChI is InChI=1S/C19H12F2N2O5S2/c20-11-5-4-10(13(21)6-11)9-30(26)15-8-29-19(22-15)23-18(25)12-2-1-3-14-17(12)28-16(24)7-27-14/h1-6,8H,7,9H2,(H,22,23,25). The number of fused-ring (bicyclic) bond motifs is 1. The molecule has 2 heterocycles. The zero-order chi connectivity index (χ0) is 21.3. The van der Waals surface area contributed by atoms with Gasteiger partial charge in [0, 0.05) is 17.0 Å². The second kappa shape index (κ2) is 8.28. The molecular formula is C19H12F2N2O5S2. The molecule has 1 aliphatic heterocycles. The summed E-state index contributed by atoms with van der Waals surface area (Å²) in [6, 6.07) is 7.62. The Kier molecular flexibility index (Phi) is 5.55. The Morgan fingerprint density at radius 3 is 2.90 bits per heavy atom. The molecule has 0 fully saturated rings. The molecule has 0 saturated carbocycles. The number of carbonyl (C=O) groups excluding carboxylic acids is 2. The molecule has 11 heteroatoms. The normalized spacial score (nSPS) is 13.7. The van der Waals surface area contributed by atoms with Crippen molar-refractivity contribution in [3.05, 3.63) is 64.5 Å². The van der Waals surface area contributed by atoms with E-state index < -0.39 is 34.3 Å². The second-order valence-corrected chi connectivity index (χ2v) is 8.32. The first-order valence-corrected chi connectivity index (χ1v) is 10.7. The first-order chi connectivity index (χ1) is 14.4. The van der Waals surface area contributed by atoms with Gasteiger partial charge >= 0.3 is 5.97 Å². The first kappa shape index (κ1) is 20.1. The maximum Gasteiger partial charge on any atom is 0.349 e. The van der Waals surface area contributed by atoms with Gasteiger partial charge in [-0.1, -0.05) is 12.1 Å². The van der Waals surface area contributed by atoms with Gasteiger partial charge < -0.3 is 9.47 Å². The molecule has 1 amide bonds. The van der Waals surface area contributed by atoms with Crippen molar-refractivity contribution in [3.63, 3.8) is 0 Å². The van der Waals surface area contributed by atoms with Crippen molar-refractivity contribution in [2.45, 2.75) is 10.8 Å². The van der Waals surface area contributed by atoms with Gasteiger partial charge in [0.2, 0.25) is 0 Å². The lowest BCUT2D eigenvalue weighted by Crippen LogP contribution is -2.25. The van der Waals surface area contributed by atoms with Gasteiger partial charge in [-0.25, -0.2) is 18.6 Å². The van der Waals surface area contributed by atoms with E-state index in [1.807, 2.05) is 0 Å². The fraction of sp³-hybridized carbons (Fsp3) is 0.105. The fourth-order valence-electron chi connectivity index (χ4n) is 2.63. The number of halogens is 2. The van der Waals surface area contributed by atoms with Crippen LogP contribution in [0.2, 0.25) is 0 Å². The summed E-state index contributed by atoms with van der Waals surface area (Å²) in [6.45, 7) is -0.242. The monoisotopic (exact) mass is 450 g/mol. The molecule has 1 aromatic heterocycles. The summed E-state index contributed by atoms with van der Waals surface area (Å²) in [6.07, 6.45) is 0. The highest BCUT2D eigenvalue weighted by molar-refractivity contribution is 7.84. The second-order valence-electron chi connectivity index (χ2n) is 6.07. The molecule has 7 nitrogen and oxygen atoms in total. The summed E-state index contributed by atoms with van der Waals surface area (Å²) >= 11 is 1.03. The summed E-state index contributed by atoms with van der Waals surface area (Å²) in [5.74, 6) is -2.65. The number of ether oxygens (including phenoxy) is 2. The minimum atomic E-state index is -1.70. The van der Waals surface area contributed by atoms with Crippen molar-refractivity contribution >= 4 is 39.1 Å². The van der Waals surface area contributed by atoms with Crippen LogP contribution in [0.3, 0.4) is 0 Å².